The molecule has 0 fully saturated rings. The number of hydrogen-bond acceptors (Lipinski definition) is 2. The molecular weight excluding hydrogens is 232 g/mol. The third-order valence-corrected chi connectivity index (χ3v) is 3.07. The van der Waals surface area contributed by atoms with Crippen LogP contribution in [-0.2, 0) is 0 Å². The Labute approximate surface area is 87.0 Å². The second kappa shape index (κ2) is 4.01. The third-order valence-electron chi connectivity index (χ3n) is 2.12. The molecule has 3 heteroatoms. The smallest absolute Gasteiger partial charge is 0.175 e. The fourth-order valence-corrected chi connectivity index (χ4v) is 1.83. The van der Waals surface area contributed by atoms with Crippen LogP contribution in [0.4, 0.5) is 0 Å². The number of hydrogen-bond donors (Lipinski definition) is 0. The molecule has 0 N–H and O–H groups in total. The van der Waals surface area contributed by atoms with E-state index in [2.05, 4.69) is 15.9 Å². The van der Waals surface area contributed by atoms with Gasteiger partial charge in [-0.25, -0.2) is 0 Å². The van der Waals surface area contributed by atoms with Crippen LogP contribution < -0.4 is 9.47 Å². The average molecular weight is 245 g/mol. The highest BCUT2D eigenvalue weighted by molar-refractivity contribution is 9.10. The molecule has 0 unspecified atom stereocenters. The molecule has 0 atom stereocenters. The van der Waals surface area contributed by atoms with Crippen LogP contribution in [0, 0.1) is 13.8 Å². The Hall–Kier alpha value is -0.700. The van der Waals surface area contributed by atoms with Gasteiger partial charge in [0.05, 0.1) is 18.7 Å². The molecule has 0 aliphatic rings. The maximum atomic E-state index is 5.23. The third kappa shape index (κ3) is 1.80. The fourth-order valence-electron chi connectivity index (χ4n) is 1.16. The van der Waals surface area contributed by atoms with E-state index in [-0.39, 0.29) is 0 Å². The SMILES string of the molecule is COc1cc(C)c(C)c(Br)c1OC. The summed E-state index contributed by atoms with van der Waals surface area (Å²) >= 11 is 3.48. The minimum Gasteiger partial charge on any atom is -0.493 e. The lowest BCUT2D eigenvalue weighted by Crippen LogP contribution is -1.95. The molecule has 0 heterocycles. The number of rotatable bonds is 2. The van der Waals surface area contributed by atoms with Crippen molar-refractivity contribution >= 4 is 15.9 Å². The van der Waals surface area contributed by atoms with E-state index >= 15 is 0 Å². The van der Waals surface area contributed by atoms with E-state index in [9.17, 15) is 0 Å². The summed E-state index contributed by atoms with van der Waals surface area (Å²) in [5, 5.41) is 0. The molecule has 0 aliphatic carbocycles. The molecule has 0 aromatic heterocycles. The van der Waals surface area contributed by atoms with Gasteiger partial charge in [0.1, 0.15) is 0 Å². The molecule has 0 bridgehead atoms. The van der Waals surface area contributed by atoms with Gasteiger partial charge in [0.25, 0.3) is 0 Å². The molecule has 0 amide bonds. The molecule has 0 aliphatic heterocycles. The molecule has 0 radical (unpaired) electrons. The zero-order valence-electron chi connectivity index (χ0n) is 8.27. The Kier molecular flexibility index (Phi) is 3.20. The van der Waals surface area contributed by atoms with Gasteiger partial charge in [-0.1, -0.05) is 0 Å². The van der Waals surface area contributed by atoms with Crippen LogP contribution in [0.5, 0.6) is 11.5 Å². The van der Waals surface area contributed by atoms with Crippen molar-refractivity contribution in [2.45, 2.75) is 13.8 Å². The lowest BCUT2D eigenvalue weighted by Gasteiger charge is -2.13. The molecule has 0 saturated heterocycles. The number of benzene rings is 1. The van der Waals surface area contributed by atoms with Gasteiger partial charge in [-0.15, -0.1) is 0 Å². The van der Waals surface area contributed by atoms with Crippen molar-refractivity contribution in [3.8, 4) is 11.5 Å². The van der Waals surface area contributed by atoms with Crippen molar-refractivity contribution in [3.05, 3.63) is 21.7 Å². The normalized spacial score (nSPS) is 9.92. The first-order chi connectivity index (χ1) is 6.11. The van der Waals surface area contributed by atoms with Gasteiger partial charge in [0, 0.05) is 0 Å². The lowest BCUT2D eigenvalue weighted by atomic mass is 10.1. The Balaban J connectivity index is 3.39. The second-order valence-corrected chi connectivity index (χ2v) is 3.66. The summed E-state index contributed by atoms with van der Waals surface area (Å²) in [4.78, 5) is 0. The van der Waals surface area contributed by atoms with Crippen LogP contribution in [0.25, 0.3) is 0 Å². The van der Waals surface area contributed by atoms with E-state index in [0.29, 0.717) is 0 Å². The molecular formula is C10H13BrO2. The van der Waals surface area contributed by atoms with Crippen LogP contribution in [0.2, 0.25) is 0 Å². The Morgan fingerprint density at radius 1 is 1.15 bits per heavy atom. The first-order valence-electron chi connectivity index (χ1n) is 3.99. The van der Waals surface area contributed by atoms with Crippen molar-refractivity contribution in [1.29, 1.82) is 0 Å². The number of methoxy groups -OCH3 is 2. The molecule has 2 nitrogen and oxygen atoms in total. The van der Waals surface area contributed by atoms with Crippen molar-refractivity contribution in [1.82, 2.24) is 0 Å². The Morgan fingerprint density at radius 3 is 2.23 bits per heavy atom. The molecule has 0 saturated carbocycles. The minimum atomic E-state index is 0.755. The van der Waals surface area contributed by atoms with Gasteiger partial charge >= 0.3 is 0 Å². The predicted octanol–water partition coefficient (Wildman–Crippen LogP) is 3.08. The lowest BCUT2D eigenvalue weighted by molar-refractivity contribution is 0.352. The molecule has 13 heavy (non-hydrogen) atoms. The number of aryl methyl sites for hydroxylation is 1. The molecule has 72 valence electrons. The number of ether oxygens (including phenoxy) is 2. The van der Waals surface area contributed by atoms with Crippen LogP contribution in [-0.4, -0.2) is 14.2 Å². The monoisotopic (exact) mass is 244 g/mol. The van der Waals surface area contributed by atoms with E-state index in [1.165, 1.54) is 11.1 Å². The summed E-state index contributed by atoms with van der Waals surface area (Å²) < 4.78 is 11.4. The van der Waals surface area contributed by atoms with Crippen LogP contribution >= 0.6 is 15.9 Å². The van der Waals surface area contributed by atoms with E-state index < -0.39 is 0 Å². The zero-order valence-corrected chi connectivity index (χ0v) is 9.86. The first kappa shape index (κ1) is 10.4. The van der Waals surface area contributed by atoms with E-state index in [0.717, 1.165) is 16.0 Å². The summed E-state index contributed by atoms with van der Waals surface area (Å²) in [5.74, 6) is 1.52. The first-order valence-corrected chi connectivity index (χ1v) is 4.78. The van der Waals surface area contributed by atoms with Crippen molar-refractivity contribution < 1.29 is 9.47 Å². The Bertz CT molecular complexity index is 321. The number of halogens is 1. The maximum absolute atomic E-state index is 5.23. The van der Waals surface area contributed by atoms with Crippen LogP contribution in [0.3, 0.4) is 0 Å². The quantitative estimate of drug-likeness (QED) is 0.797. The van der Waals surface area contributed by atoms with Gasteiger partial charge in [-0.05, 0) is 47.0 Å². The minimum absolute atomic E-state index is 0.755. The van der Waals surface area contributed by atoms with Crippen molar-refractivity contribution in [2.24, 2.45) is 0 Å². The Morgan fingerprint density at radius 2 is 1.77 bits per heavy atom. The summed E-state index contributed by atoms with van der Waals surface area (Å²) in [5.41, 5.74) is 2.36. The largest absolute Gasteiger partial charge is 0.493 e. The van der Waals surface area contributed by atoms with Gasteiger partial charge in [-0.3, -0.25) is 0 Å². The van der Waals surface area contributed by atoms with Gasteiger partial charge in [0.15, 0.2) is 11.5 Å². The van der Waals surface area contributed by atoms with Gasteiger partial charge in [0.2, 0.25) is 0 Å². The van der Waals surface area contributed by atoms with Crippen molar-refractivity contribution in [3.63, 3.8) is 0 Å². The van der Waals surface area contributed by atoms with Gasteiger partial charge < -0.3 is 9.47 Å². The molecule has 1 aromatic rings. The standard InChI is InChI=1S/C10H13BrO2/c1-6-5-8(12-3)10(13-4)9(11)7(6)2/h5H,1-4H3. The van der Waals surface area contributed by atoms with E-state index in [1.807, 2.05) is 19.9 Å². The van der Waals surface area contributed by atoms with Crippen LogP contribution in [0.1, 0.15) is 11.1 Å². The summed E-state index contributed by atoms with van der Waals surface area (Å²) in [6, 6.07) is 1.97. The molecule has 1 rings (SSSR count). The van der Waals surface area contributed by atoms with Gasteiger partial charge in [-0.2, -0.15) is 0 Å². The highest BCUT2D eigenvalue weighted by atomic mass is 79.9. The second-order valence-electron chi connectivity index (χ2n) is 2.87. The molecule has 0 spiro atoms. The predicted molar refractivity (Wildman–Crippen MR) is 56.7 cm³/mol. The fraction of sp³-hybridized carbons (Fsp3) is 0.400. The van der Waals surface area contributed by atoms with Crippen molar-refractivity contribution in [2.75, 3.05) is 14.2 Å². The highest BCUT2D eigenvalue weighted by Crippen LogP contribution is 2.38. The topological polar surface area (TPSA) is 18.5 Å². The summed E-state index contributed by atoms with van der Waals surface area (Å²) in [6.07, 6.45) is 0. The average Bonchev–Trinajstić information content (AvgIpc) is 2.13. The van der Waals surface area contributed by atoms with E-state index in [4.69, 9.17) is 9.47 Å². The zero-order chi connectivity index (χ0) is 10.0. The maximum Gasteiger partial charge on any atom is 0.175 e. The summed E-state index contributed by atoms with van der Waals surface area (Å²) in [7, 11) is 3.27. The highest BCUT2D eigenvalue weighted by Gasteiger charge is 2.12. The molecule has 1 aromatic carbocycles. The van der Waals surface area contributed by atoms with Crippen LogP contribution in [0.15, 0.2) is 10.5 Å². The van der Waals surface area contributed by atoms with E-state index in [1.54, 1.807) is 14.2 Å². The summed E-state index contributed by atoms with van der Waals surface area (Å²) in [6.45, 7) is 4.09.